The molecule has 7 heteroatoms. The molecule has 1 aliphatic rings. The van der Waals surface area contributed by atoms with Crippen LogP contribution < -0.4 is 4.74 Å². The van der Waals surface area contributed by atoms with Gasteiger partial charge in [-0.25, -0.2) is 9.59 Å². The lowest BCUT2D eigenvalue weighted by Crippen LogP contribution is -2.39. The number of nitrogens with zero attached hydrogens (tertiary/aromatic N) is 1. The van der Waals surface area contributed by atoms with Crippen molar-refractivity contribution in [2.24, 2.45) is 0 Å². The van der Waals surface area contributed by atoms with Crippen LogP contribution in [0.3, 0.4) is 0 Å². The molecule has 0 N–H and O–H groups in total. The van der Waals surface area contributed by atoms with E-state index in [9.17, 15) is 9.59 Å². The van der Waals surface area contributed by atoms with E-state index in [0.29, 0.717) is 30.1 Å². The van der Waals surface area contributed by atoms with Gasteiger partial charge in [0.15, 0.2) is 10.6 Å². The topological polar surface area (TPSA) is 65.1 Å². The predicted molar refractivity (Wildman–Crippen MR) is 92.6 cm³/mol. The number of rotatable bonds is 3. The molecule has 1 amide bonds. The number of ether oxygens (including phenoxy) is 3. The van der Waals surface area contributed by atoms with E-state index in [-0.39, 0.29) is 6.09 Å². The van der Waals surface area contributed by atoms with Crippen LogP contribution in [0.25, 0.3) is 5.57 Å². The van der Waals surface area contributed by atoms with Crippen molar-refractivity contribution in [2.45, 2.75) is 32.8 Å². The predicted octanol–water partition coefficient (Wildman–Crippen LogP) is 3.57. The molecule has 0 aromatic carbocycles. The van der Waals surface area contributed by atoms with E-state index in [4.69, 9.17) is 14.2 Å². The number of thiophene rings is 1. The minimum Gasteiger partial charge on any atom is -0.494 e. The van der Waals surface area contributed by atoms with Crippen molar-refractivity contribution >= 4 is 29.0 Å². The molecule has 0 unspecified atom stereocenters. The molecular weight excluding hydrogens is 330 g/mol. The van der Waals surface area contributed by atoms with E-state index < -0.39 is 11.6 Å². The van der Waals surface area contributed by atoms with Gasteiger partial charge >= 0.3 is 12.1 Å². The van der Waals surface area contributed by atoms with E-state index in [1.54, 1.807) is 4.90 Å². The molecule has 1 aromatic heterocycles. The number of carbonyl (C=O) groups is 2. The summed E-state index contributed by atoms with van der Waals surface area (Å²) in [6, 6.07) is 0. The maximum atomic E-state index is 12.1. The smallest absolute Gasteiger partial charge is 0.410 e. The number of methoxy groups -OCH3 is 2. The highest BCUT2D eigenvalue weighted by Gasteiger charge is 2.26. The molecule has 0 radical (unpaired) electrons. The zero-order valence-electron chi connectivity index (χ0n) is 14.7. The Balaban J connectivity index is 2.14. The third-order valence-corrected chi connectivity index (χ3v) is 4.47. The van der Waals surface area contributed by atoms with Gasteiger partial charge in [0.25, 0.3) is 0 Å². The minimum atomic E-state index is -0.507. The van der Waals surface area contributed by atoms with E-state index >= 15 is 0 Å². The van der Waals surface area contributed by atoms with Gasteiger partial charge in [-0.2, -0.15) is 0 Å². The van der Waals surface area contributed by atoms with Crippen molar-refractivity contribution < 1.29 is 23.8 Å². The van der Waals surface area contributed by atoms with Crippen molar-refractivity contribution in [3.8, 4) is 5.75 Å². The number of amides is 1. The highest BCUT2D eigenvalue weighted by atomic mass is 32.1. The molecule has 0 spiro atoms. The lowest BCUT2D eigenvalue weighted by molar-refractivity contribution is 0.0270. The van der Waals surface area contributed by atoms with Crippen LogP contribution in [0.1, 0.15) is 42.4 Å². The number of esters is 1. The summed E-state index contributed by atoms with van der Waals surface area (Å²) in [7, 11) is 2.88. The monoisotopic (exact) mass is 353 g/mol. The zero-order chi connectivity index (χ0) is 17.9. The van der Waals surface area contributed by atoms with Crippen molar-refractivity contribution in [1.29, 1.82) is 0 Å². The Labute approximate surface area is 146 Å². The summed E-state index contributed by atoms with van der Waals surface area (Å²) in [5.74, 6) is 0.124. The molecular formula is C17H23NO5S. The summed E-state index contributed by atoms with van der Waals surface area (Å²) in [4.78, 5) is 26.0. The number of hydrogen-bond donors (Lipinski definition) is 0. The molecule has 24 heavy (non-hydrogen) atoms. The van der Waals surface area contributed by atoms with Crippen molar-refractivity contribution in [1.82, 2.24) is 4.90 Å². The Hall–Kier alpha value is -2.02. The Bertz CT molecular complexity index is 656. The first-order valence-corrected chi connectivity index (χ1v) is 8.56. The summed E-state index contributed by atoms with van der Waals surface area (Å²) in [5, 5.41) is 1.89. The van der Waals surface area contributed by atoms with E-state index in [1.807, 2.05) is 32.2 Å². The fraction of sp³-hybridized carbons (Fsp3) is 0.529. The second-order valence-corrected chi connectivity index (χ2v) is 7.29. The maximum Gasteiger partial charge on any atom is 0.410 e. The van der Waals surface area contributed by atoms with Crippen LogP contribution in [-0.2, 0) is 9.47 Å². The van der Waals surface area contributed by atoms with Crippen LogP contribution in [0.15, 0.2) is 11.5 Å². The van der Waals surface area contributed by atoms with Gasteiger partial charge in [0.1, 0.15) is 5.60 Å². The third kappa shape index (κ3) is 4.08. The molecule has 0 atom stereocenters. The van der Waals surface area contributed by atoms with E-state index in [1.165, 1.54) is 25.6 Å². The average molecular weight is 353 g/mol. The van der Waals surface area contributed by atoms with Crippen molar-refractivity contribution in [3.05, 3.63) is 21.9 Å². The van der Waals surface area contributed by atoms with Crippen molar-refractivity contribution in [2.75, 3.05) is 27.3 Å². The van der Waals surface area contributed by atoms with Gasteiger partial charge in [-0.05, 0) is 32.8 Å². The zero-order valence-corrected chi connectivity index (χ0v) is 15.5. The third-order valence-electron chi connectivity index (χ3n) is 3.53. The Kier molecular flexibility index (Phi) is 5.54. The van der Waals surface area contributed by atoms with Gasteiger partial charge in [0.05, 0.1) is 14.2 Å². The molecule has 132 valence electrons. The first kappa shape index (κ1) is 18.3. The lowest BCUT2D eigenvalue weighted by Gasteiger charge is -2.29. The summed E-state index contributed by atoms with van der Waals surface area (Å²) in [6.45, 7) is 6.58. The molecule has 0 saturated heterocycles. The molecule has 1 aliphatic heterocycles. The van der Waals surface area contributed by atoms with Gasteiger partial charge in [-0.1, -0.05) is 6.08 Å². The van der Waals surface area contributed by atoms with Crippen LogP contribution in [0.5, 0.6) is 5.75 Å². The average Bonchev–Trinajstić information content (AvgIpc) is 2.96. The van der Waals surface area contributed by atoms with Gasteiger partial charge in [-0.3, -0.25) is 0 Å². The second-order valence-electron chi connectivity index (χ2n) is 6.41. The van der Waals surface area contributed by atoms with Crippen LogP contribution in [-0.4, -0.2) is 49.9 Å². The molecule has 2 heterocycles. The van der Waals surface area contributed by atoms with E-state index in [2.05, 4.69) is 0 Å². The fourth-order valence-electron chi connectivity index (χ4n) is 2.41. The molecule has 2 rings (SSSR count). The summed E-state index contributed by atoms with van der Waals surface area (Å²) in [6.07, 6.45) is 2.33. The van der Waals surface area contributed by atoms with Crippen LogP contribution in [0.4, 0.5) is 4.79 Å². The van der Waals surface area contributed by atoms with Gasteiger partial charge in [-0.15, -0.1) is 11.3 Å². The lowest BCUT2D eigenvalue weighted by atomic mass is 10.0. The highest BCUT2D eigenvalue weighted by molar-refractivity contribution is 7.12. The second kappa shape index (κ2) is 7.25. The first-order valence-electron chi connectivity index (χ1n) is 7.68. The molecule has 0 fully saturated rings. The Morgan fingerprint density at radius 1 is 1.25 bits per heavy atom. The fourth-order valence-corrected chi connectivity index (χ4v) is 3.38. The first-order chi connectivity index (χ1) is 11.3. The van der Waals surface area contributed by atoms with Crippen LogP contribution >= 0.6 is 11.3 Å². The molecule has 6 nitrogen and oxygen atoms in total. The maximum absolute atomic E-state index is 12.1. The normalized spacial score (nSPS) is 14.9. The van der Waals surface area contributed by atoms with Gasteiger partial charge in [0.2, 0.25) is 0 Å². The highest BCUT2D eigenvalue weighted by Crippen LogP contribution is 2.38. The molecule has 1 aromatic rings. The number of carbonyl (C=O) groups excluding carboxylic acids is 2. The Morgan fingerprint density at radius 2 is 1.96 bits per heavy atom. The quantitative estimate of drug-likeness (QED) is 0.777. The minimum absolute atomic E-state index is 0.315. The summed E-state index contributed by atoms with van der Waals surface area (Å²) in [5.41, 5.74) is 1.43. The SMILES string of the molecule is COC(=O)c1scc(C2=CCN(C(=O)OC(C)(C)C)CC2)c1OC. The van der Waals surface area contributed by atoms with Crippen LogP contribution in [0, 0.1) is 0 Å². The molecule has 0 saturated carbocycles. The van der Waals surface area contributed by atoms with E-state index in [0.717, 1.165) is 11.1 Å². The number of hydrogen-bond acceptors (Lipinski definition) is 6. The van der Waals surface area contributed by atoms with Gasteiger partial charge < -0.3 is 19.1 Å². The molecule has 0 bridgehead atoms. The Morgan fingerprint density at radius 3 is 2.46 bits per heavy atom. The van der Waals surface area contributed by atoms with Crippen molar-refractivity contribution in [3.63, 3.8) is 0 Å². The summed E-state index contributed by atoms with van der Waals surface area (Å²) >= 11 is 1.30. The standard InChI is InChI=1S/C17H23NO5S/c1-17(2,3)23-16(20)18-8-6-11(7-9-18)12-10-24-14(13(12)21-4)15(19)22-5/h6,10H,7-9H2,1-5H3. The molecule has 0 aliphatic carbocycles. The van der Waals surface area contributed by atoms with Crippen LogP contribution in [0.2, 0.25) is 0 Å². The largest absolute Gasteiger partial charge is 0.494 e. The van der Waals surface area contributed by atoms with Gasteiger partial charge in [0, 0.05) is 24.0 Å². The summed E-state index contributed by atoms with van der Waals surface area (Å²) < 4.78 is 15.6.